The van der Waals surface area contributed by atoms with Crippen molar-refractivity contribution in [3.05, 3.63) is 59.1 Å². The summed E-state index contributed by atoms with van der Waals surface area (Å²) in [7, 11) is 0. The molecule has 0 saturated heterocycles. The Morgan fingerprint density at radius 1 is 1.13 bits per heavy atom. The molecule has 6 nitrogen and oxygen atoms in total. The van der Waals surface area contributed by atoms with E-state index in [1.807, 2.05) is 30.3 Å². The van der Waals surface area contributed by atoms with Crippen molar-refractivity contribution >= 4 is 11.7 Å². The molecule has 0 amide bonds. The molecule has 3 aliphatic heterocycles. The van der Waals surface area contributed by atoms with Crippen LogP contribution in [0.2, 0.25) is 0 Å². The van der Waals surface area contributed by atoms with Gasteiger partial charge in [-0.2, -0.15) is 0 Å². The van der Waals surface area contributed by atoms with E-state index in [4.69, 9.17) is 14.2 Å². The van der Waals surface area contributed by atoms with Crippen molar-refractivity contribution in [3.63, 3.8) is 0 Å². The summed E-state index contributed by atoms with van der Waals surface area (Å²) in [6, 6.07) is 9.51. The van der Waals surface area contributed by atoms with Gasteiger partial charge in [-0.15, -0.1) is 0 Å². The lowest BCUT2D eigenvalue weighted by Crippen LogP contribution is -2.20. The topological polar surface area (TPSA) is 69.7 Å². The van der Waals surface area contributed by atoms with Gasteiger partial charge in [-0.05, 0) is 23.8 Å². The lowest BCUT2D eigenvalue weighted by atomic mass is 9.83. The van der Waals surface area contributed by atoms with E-state index in [-0.39, 0.29) is 25.3 Å². The summed E-state index contributed by atoms with van der Waals surface area (Å²) in [4.78, 5) is 16.7. The summed E-state index contributed by atoms with van der Waals surface area (Å²) in [6.07, 6.45) is 1.73. The second-order valence-electron chi connectivity index (χ2n) is 5.57. The van der Waals surface area contributed by atoms with Crippen LogP contribution >= 0.6 is 0 Å². The number of carbonyl (C=O) groups is 1. The molecule has 0 fully saturated rings. The third-order valence-electron chi connectivity index (χ3n) is 4.31. The van der Waals surface area contributed by atoms with Crippen LogP contribution in [0.5, 0.6) is 11.5 Å². The van der Waals surface area contributed by atoms with Crippen molar-refractivity contribution < 1.29 is 19.0 Å². The molecule has 0 bridgehead atoms. The number of anilines is 1. The Morgan fingerprint density at radius 2 is 2.00 bits per heavy atom. The van der Waals surface area contributed by atoms with Gasteiger partial charge in [0, 0.05) is 18.0 Å². The second kappa shape index (κ2) is 4.49. The maximum Gasteiger partial charge on any atom is 0.337 e. The highest BCUT2D eigenvalue weighted by Crippen LogP contribution is 2.48. The van der Waals surface area contributed by atoms with Crippen LogP contribution in [0.25, 0.3) is 0 Å². The first kappa shape index (κ1) is 12.5. The number of esters is 1. The lowest BCUT2D eigenvalue weighted by molar-refractivity contribution is -0.136. The molecule has 0 radical (unpaired) electrons. The number of pyridine rings is 1. The molecule has 5 rings (SSSR count). The van der Waals surface area contributed by atoms with E-state index in [1.54, 1.807) is 6.20 Å². The zero-order chi connectivity index (χ0) is 15.4. The third-order valence-corrected chi connectivity index (χ3v) is 4.31. The molecule has 1 aromatic heterocycles. The predicted octanol–water partition coefficient (Wildman–Crippen LogP) is 2.18. The van der Waals surface area contributed by atoms with Gasteiger partial charge in [-0.25, -0.2) is 4.79 Å². The van der Waals surface area contributed by atoms with Crippen LogP contribution in [-0.2, 0) is 9.53 Å². The number of rotatable bonds is 1. The molecular weight excluding hydrogens is 296 g/mol. The number of nitrogens with zero attached hydrogens (tertiary/aromatic N) is 1. The fraction of sp³-hybridized carbons (Fsp3) is 0.176. The molecule has 0 aliphatic carbocycles. The van der Waals surface area contributed by atoms with Gasteiger partial charge >= 0.3 is 5.97 Å². The fourth-order valence-electron chi connectivity index (χ4n) is 3.29. The normalized spacial score (nSPS) is 20.7. The molecule has 1 unspecified atom stereocenters. The molecule has 0 saturated carbocycles. The van der Waals surface area contributed by atoms with Crippen LogP contribution in [0.3, 0.4) is 0 Å². The average Bonchev–Trinajstić information content (AvgIpc) is 3.18. The summed E-state index contributed by atoms with van der Waals surface area (Å²) in [5, 5.41) is 3.29. The van der Waals surface area contributed by atoms with Crippen molar-refractivity contribution in [1.82, 2.24) is 4.98 Å². The van der Waals surface area contributed by atoms with Crippen molar-refractivity contribution in [2.45, 2.75) is 5.92 Å². The molecule has 1 N–H and O–H groups in total. The number of fused-ring (bicyclic) bond motifs is 2. The van der Waals surface area contributed by atoms with E-state index >= 15 is 0 Å². The summed E-state index contributed by atoms with van der Waals surface area (Å²) in [5.74, 6) is 0.811. The molecule has 6 heteroatoms. The van der Waals surface area contributed by atoms with Crippen LogP contribution in [0.1, 0.15) is 17.2 Å². The van der Waals surface area contributed by atoms with Crippen LogP contribution in [-0.4, -0.2) is 24.4 Å². The maximum atomic E-state index is 12.2. The zero-order valence-electron chi connectivity index (χ0n) is 12.0. The van der Waals surface area contributed by atoms with Gasteiger partial charge in [0.25, 0.3) is 0 Å². The summed E-state index contributed by atoms with van der Waals surface area (Å²) >= 11 is 0. The summed E-state index contributed by atoms with van der Waals surface area (Å²) in [5.41, 5.74) is 4.04. The Morgan fingerprint density at radius 3 is 2.83 bits per heavy atom. The average molecular weight is 308 g/mol. The molecule has 1 aromatic carbocycles. The minimum atomic E-state index is -0.300. The summed E-state index contributed by atoms with van der Waals surface area (Å²) in [6.45, 7) is 0.465. The van der Waals surface area contributed by atoms with Gasteiger partial charge < -0.3 is 19.5 Å². The van der Waals surface area contributed by atoms with Crippen molar-refractivity contribution in [2.75, 3.05) is 18.7 Å². The molecule has 1 atom stereocenters. The minimum Gasteiger partial charge on any atom is -0.456 e. The van der Waals surface area contributed by atoms with Crippen LogP contribution in [0, 0.1) is 0 Å². The first-order valence-corrected chi connectivity index (χ1v) is 7.33. The second-order valence-corrected chi connectivity index (χ2v) is 5.57. The first-order valence-electron chi connectivity index (χ1n) is 7.33. The molecule has 3 aliphatic rings. The van der Waals surface area contributed by atoms with Gasteiger partial charge in [0.15, 0.2) is 11.5 Å². The van der Waals surface area contributed by atoms with Gasteiger partial charge in [0.05, 0.1) is 22.9 Å². The number of carbonyl (C=O) groups excluding carboxylic acids is 1. The van der Waals surface area contributed by atoms with Gasteiger partial charge in [0.2, 0.25) is 6.79 Å². The third kappa shape index (κ3) is 1.75. The smallest absolute Gasteiger partial charge is 0.337 e. The van der Waals surface area contributed by atoms with E-state index in [9.17, 15) is 4.79 Å². The summed E-state index contributed by atoms with van der Waals surface area (Å²) < 4.78 is 16.1. The van der Waals surface area contributed by atoms with Crippen LogP contribution in [0.4, 0.5) is 5.69 Å². The van der Waals surface area contributed by atoms with E-state index in [0.717, 1.165) is 22.6 Å². The maximum absolute atomic E-state index is 12.2. The highest BCUT2D eigenvalue weighted by atomic mass is 16.7. The van der Waals surface area contributed by atoms with E-state index in [2.05, 4.69) is 10.3 Å². The number of aromatic nitrogens is 1. The standard InChI is InChI=1S/C17H12N2O4/c20-17-16-12(7-21-17)19-11-6-14-13(22-8-23-14)5-9(11)15(16)10-3-1-2-4-18-10/h1-6,15,19H,7-8H2. The van der Waals surface area contributed by atoms with E-state index in [1.165, 1.54) is 0 Å². The van der Waals surface area contributed by atoms with Crippen molar-refractivity contribution in [2.24, 2.45) is 0 Å². The number of nitrogens with one attached hydrogen (secondary N) is 1. The first-order chi connectivity index (χ1) is 11.3. The molecule has 23 heavy (non-hydrogen) atoms. The Labute approximate surface area is 131 Å². The molecule has 2 aromatic rings. The zero-order valence-corrected chi connectivity index (χ0v) is 12.0. The van der Waals surface area contributed by atoms with E-state index < -0.39 is 0 Å². The quantitative estimate of drug-likeness (QED) is 0.814. The predicted molar refractivity (Wildman–Crippen MR) is 80.3 cm³/mol. The fourth-order valence-corrected chi connectivity index (χ4v) is 3.29. The Bertz CT molecular complexity index is 860. The SMILES string of the molecule is O=C1OCC2=C1C(c1ccccn1)c1cc3c(cc1N2)OCO3. The lowest BCUT2D eigenvalue weighted by Gasteiger charge is -2.26. The van der Waals surface area contributed by atoms with Gasteiger partial charge in [-0.3, -0.25) is 4.98 Å². The number of hydrogen-bond acceptors (Lipinski definition) is 6. The largest absolute Gasteiger partial charge is 0.456 e. The Hall–Kier alpha value is -3.02. The highest BCUT2D eigenvalue weighted by Gasteiger charge is 2.40. The van der Waals surface area contributed by atoms with Crippen molar-refractivity contribution in [1.29, 1.82) is 0 Å². The molecule has 4 heterocycles. The van der Waals surface area contributed by atoms with Crippen molar-refractivity contribution in [3.8, 4) is 11.5 Å². The van der Waals surface area contributed by atoms with Gasteiger partial charge in [0.1, 0.15) is 6.61 Å². The monoisotopic (exact) mass is 308 g/mol. The number of benzene rings is 1. The molecule has 0 spiro atoms. The van der Waals surface area contributed by atoms with Gasteiger partial charge in [-0.1, -0.05) is 6.07 Å². The van der Waals surface area contributed by atoms with Crippen LogP contribution < -0.4 is 14.8 Å². The Kier molecular flexibility index (Phi) is 2.44. The Balaban J connectivity index is 1.75. The number of cyclic esters (lactones) is 1. The van der Waals surface area contributed by atoms with E-state index in [0.29, 0.717) is 17.1 Å². The number of hydrogen-bond donors (Lipinski definition) is 1. The number of ether oxygens (including phenoxy) is 3. The molecule has 114 valence electrons. The highest BCUT2D eigenvalue weighted by molar-refractivity contribution is 5.97. The minimum absolute atomic E-state index is 0.210. The van der Waals surface area contributed by atoms with Crippen LogP contribution in [0.15, 0.2) is 47.8 Å². The molecular formula is C17H12N2O4.